The second kappa shape index (κ2) is 12.7. The van der Waals surface area contributed by atoms with Gasteiger partial charge in [0.05, 0.1) is 6.10 Å². The Morgan fingerprint density at radius 3 is 2.10 bits per heavy atom. The molecular weight excluding hydrogens is 283 g/mol. The molecule has 0 saturated heterocycles. The van der Waals surface area contributed by atoms with Crippen LogP contribution in [0.4, 0.5) is 0 Å². The third-order valence-corrected chi connectivity index (χ3v) is 4.85. The van der Waals surface area contributed by atoms with Gasteiger partial charge in [-0.25, -0.2) is 0 Å². The number of unbranched alkanes of at least 4 members (excludes halogenated alkanes) is 4. The van der Waals surface area contributed by atoms with E-state index in [0.29, 0.717) is 0 Å². The van der Waals surface area contributed by atoms with E-state index in [9.17, 15) is 9.46 Å². The maximum atomic E-state index is 11.5. The van der Waals surface area contributed by atoms with Gasteiger partial charge in [0, 0.05) is 6.66 Å². The van der Waals surface area contributed by atoms with Crippen molar-refractivity contribution in [3.63, 3.8) is 0 Å². The van der Waals surface area contributed by atoms with Gasteiger partial charge in [0.25, 0.3) is 0 Å². The zero-order chi connectivity index (χ0) is 16.1. The van der Waals surface area contributed by atoms with Crippen LogP contribution in [0.2, 0.25) is 0 Å². The molecule has 0 heterocycles. The monoisotopic (exact) mass is 320 g/mol. The van der Waals surface area contributed by atoms with Gasteiger partial charge in [-0.3, -0.25) is 4.57 Å². The average Bonchev–Trinajstić information content (AvgIpc) is 2.41. The van der Waals surface area contributed by atoms with Gasteiger partial charge in [-0.15, -0.1) is 0 Å². The molecule has 3 nitrogen and oxygen atoms in total. The fraction of sp³-hybridized carbons (Fsp3) is 1.00. The first-order chi connectivity index (χ1) is 9.92. The standard InChI is InChI=1S/C17H37O3P/c1-5-8-10-11-13-17(20-21(4,18)19)15-14-16(7-3)12-9-6-2/h16-17H,5-15H2,1-4H3,(H,18,19). The van der Waals surface area contributed by atoms with Crippen LogP contribution in [0.3, 0.4) is 0 Å². The van der Waals surface area contributed by atoms with Crippen molar-refractivity contribution in [1.82, 2.24) is 0 Å². The minimum absolute atomic E-state index is 0.0432. The van der Waals surface area contributed by atoms with Crippen LogP contribution in [0.15, 0.2) is 0 Å². The fourth-order valence-corrected chi connectivity index (χ4v) is 3.56. The molecule has 0 aromatic heterocycles. The number of hydrogen-bond donors (Lipinski definition) is 1. The maximum absolute atomic E-state index is 11.5. The first-order valence-corrected chi connectivity index (χ1v) is 10.9. The van der Waals surface area contributed by atoms with Crippen LogP contribution in [0.25, 0.3) is 0 Å². The van der Waals surface area contributed by atoms with Crippen molar-refractivity contribution in [2.75, 3.05) is 6.66 Å². The fourth-order valence-electron chi connectivity index (χ4n) is 2.79. The van der Waals surface area contributed by atoms with Crippen molar-refractivity contribution >= 4 is 7.60 Å². The Balaban J connectivity index is 4.20. The van der Waals surface area contributed by atoms with Gasteiger partial charge in [-0.1, -0.05) is 72.1 Å². The van der Waals surface area contributed by atoms with E-state index >= 15 is 0 Å². The molecule has 0 fully saturated rings. The van der Waals surface area contributed by atoms with E-state index in [-0.39, 0.29) is 6.10 Å². The largest absolute Gasteiger partial charge is 0.325 e. The summed E-state index contributed by atoms with van der Waals surface area (Å²) in [6.45, 7) is 7.97. The Morgan fingerprint density at radius 2 is 1.57 bits per heavy atom. The molecular formula is C17H37O3P. The van der Waals surface area contributed by atoms with Crippen molar-refractivity contribution in [2.24, 2.45) is 5.92 Å². The predicted molar refractivity (Wildman–Crippen MR) is 91.9 cm³/mol. The third-order valence-electron chi connectivity index (χ3n) is 4.16. The molecule has 0 aromatic rings. The van der Waals surface area contributed by atoms with Gasteiger partial charge in [-0.05, 0) is 25.2 Å². The summed E-state index contributed by atoms with van der Waals surface area (Å²) in [4.78, 5) is 9.49. The molecule has 21 heavy (non-hydrogen) atoms. The van der Waals surface area contributed by atoms with E-state index < -0.39 is 7.60 Å². The third kappa shape index (κ3) is 13.5. The van der Waals surface area contributed by atoms with E-state index in [1.807, 2.05) is 0 Å². The molecule has 0 aliphatic rings. The lowest BCUT2D eigenvalue weighted by Gasteiger charge is -2.22. The Hall–Kier alpha value is 0.150. The number of hydrogen-bond acceptors (Lipinski definition) is 2. The second-order valence-electron chi connectivity index (χ2n) is 6.37. The molecule has 1 N–H and O–H groups in total. The quantitative estimate of drug-likeness (QED) is 0.308. The molecule has 0 aliphatic carbocycles. The van der Waals surface area contributed by atoms with Crippen LogP contribution >= 0.6 is 7.60 Å². The second-order valence-corrected chi connectivity index (χ2v) is 8.19. The molecule has 0 spiro atoms. The summed E-state index contributed by atoms with van der Waals surface area (Å²) in [5.74, 6) is 0.738. The summed E-state index contributed by atoms with van der Waals surface area (Å²) >= 11 is 0. The van der Waals surface area contributed by atoms with Gasteiger partial charge in [0.1, 0.15) is 0 Å². The van der Waals surface area contributed by atoms with E-state index in [1.54, 1.807) is 0 Å². The molecule has 3 unspecified atom stereocenters. The highest BCUT2D eigenvalue weighted by molar-refractivity contribution is 7.51. The molecule has 0 aromatic carbocycles. The molecule has 3 atom stereocenters. The molecule has 0 saturated carbocycles. The van der Waals surface area contributed by atoms with Crippen molar-refractivity contribution in [1.29, 1.82) is 0 Å². The summed E-state index contributed by atoms with van der Waals surface area (Å²) in [6, 6.07) is 0. The SMILES string of the molecule is CCCCCCC(CCC(CC)CCCC)OP(C)(=O)O. The lowest BCUT2D eigenvalue weighted by molar-refractivity contribution is 0.146. The van der Waals surface area contributed by atoms with Crippen molar-refractivity contribution in [3.05, 3.63) is 0 Å². The molecule has 0 aliphatic heterocycles. The Kier molecular flexibility index (Phi) is 12.8. The zero-order valence-electron chi connectivity index (χ0n) is 14.6. The van der Waals surface area contributed by atoms with Crippen LogP contribution < -0.4 is 0 Å². The molecule has 128 valence electrons. The first-order valence-electron chi connectivity index (χ1n) is 8.91. The Morgan fingerprint density at radius 1 is 0.905 bits per heavy atom. The van der Waals surface area contributed by atoms with Crippen LogP contribution in [-0.2, 0) is 9.09 Å². The highest BCUT2D eigenvalue weighted by Gasteiger charge is 2.20. The van der Waals surface area contributed by atoms with Crippen molar-refractivity contribution in [2.45, 2.75) is 97.5 Å². The zero-order valence-corrected chi connectivity index (χ0v) is 15.5. The molecule has 4 heteroatoms. The van der Waals surface area contributed by atoms with E-state index in [0.717, 1.165) is 31.6 Å². The summed E-state index contributed by atoms with van der Waals surface area (Å²) in [5, 5.41) is 0. The molecule has 0 amide bonds. The minimum Gasteiger partial charge on any atom is -0.324 e. The van der Waals surface area contributed by atoms with Gasteiger partial charge >= 0.3 is 7.60 Å². The Labute approximate surface area is 132 Å². The summed E-state index contributed by atoms with van der Waals surface area (Å²) in [5.41, 5.74) is 0. The smallest absolute Gasteiger partial charge is 0.324 e. The van der Waals surface area contributed by atoms with E-state index in [2.05, 4.69) is 20.8 Å². The average molecular weight is 320 g/mol. The lowest BCUT2D eigenvalue weighted by Crippen LogP contribution is -2.14. The van der Waals surface area contributed by atoms with Gasteiger partial charge in [-0.2, -0.15) is 0 Å². The predicted octanol–water partition coefficient (Wildman–Crippen LogP) is 6.15. The van der Waals surface area contributed by atoms with Crippen LogP contribution in [0.5, 0.6) is 0 Å². The van der Waals surface area contributed by atoms with Gasteiger partial charge in [0.2, 0.25) is 0 Å². The van der Waals surface area contributed by atoms with Crippen LogP contribution in [0.1, 0.15) is 91.4 Å². The van der Waals surface area contributed by atoms with Crippen LogP contribution in [0, 0.1) is 5.92 Å². The Bertz CT molecular complexity index is 275. The first kappa shape index (κ1) is 21.1. The number of rotatable bonds is 14. The minimum atomic E-state index is -3.37. The maximum Gasteiger partial charge on any atom is 0.325 e. The molecule has 0 radical (unpaired) electrons. The molecule has 0 rings (SSSR count). The van der Waals surface area contributed by atoms with Crippen molar-refractivity contribution < 1.29 is 14.0 Å². The van der Waals surface area contributed by atoms with E-state index in [4.69, 9.17) is 4.52 Å². The normalized spacial score (nSPS) is 17.4. The van der Waals surface area contributed by atoms with Gasteiger partial charge < -0.3 is 9.42 Å². The molecule has 0 bridgehead atoms. The summed E-state index contributed by atoms with van der Waals surface area (Å²) < 4.78 is 17.0. The topological polar surface area (TPSA) is 46.5 Å². The van der Waals surface area contributed by atoms with Crippen LogP contribution in [-0.4, -0.2) is 17.7 Å². The highest BCUT2D eigenvalue weighted by Crippen LogP contribution is 2.40. The van der Waals surface area contributed by atoms with Gasteiger partial charge in [0.15, 0.2) is 0 Å². The lowest BCUT2D eigenvalue weighted by atomic mass is 9.92. The van der Waals surface area contributed by atoms with E-state index in [1.165, 1.54) is 51.6 Å². The summed E-state index contributed by atoms with van der Waals surface area (Å²) in [6.07, 6.45) is 12.7. The van der Waals surface area contributed by atoms with Crippen molar-refractivity contribution in [3.8, 4) is 0 Å². The highest BCUT2D eigenvalue weighted by atomic mass is 31.2. The summed E-state index contributed by atoms with van der Waals surface area (Å²) in [7, 11) is -3.37.